The Morgan fingerprint density at radius 1 is 1.24 bits per heavy atom. The van der Waals surface area contributed by atoms with Gasteiger partial charge in [0.1, 0.15) is 13.2 Å². The predicted molar refractivity (Wildman–Crippen MR) is 59.5 cm³/mol. The molecular weight excluding hydrogens is 222 g/mol. The summed E-state index contributed by atoms with van der Waals surface area (Å²) in [6, 6.07) is 3.23. The maximum absolute atomic E-state index is 11.2. The van der Waals surface area contributed by atoms with Gasteiger partial charge < -0.3 is 20.3 Å². The van der Waals surface area contributed by atoms with Crippen molar-refractivity contribution in [3.05, 3.63) is 23.3 Å². The summed E-state index contributed by atoms with van der Waals surface area (Å²) in [5.74, 6) is 0.100. The Balaban J connectivity index is 2.15. The van der Waals surface area contributed by atoms with Crippen molar-refractivity contribution >= 4 is 5.97 Å². The molecule has 1 saturated carbocycles. The number of carbonyl (C=O) groups is 1. The minimum Gasteiger partial charge on any atom is -0.486 e. The Hall–Kier alpha value is -1.75. The average Bonchev–Trinajstić information content (AvgIpc) is 3.07. The second kappa shape index (κ2) is 3.37. The van der Waals surface area contributed by atoms with E-state index in [1.165, 1.54) is 6.07 Å². The van der Waals surface area contributed by atoms with Gasteiger partial charge in [-0.05, 0) is 30.5 Å². The fraction of sp³-hybridized carbons (Fsp3) is 0.417. The molecule has 1 aromatic rings. The third kappa shape index (κ3) is 1.63. The third-order valence-corrected chi connectivity index (χ3v) is 3.24. The highest BCUT2D eigenvalue weighted by Gasteiger charge is 2.43. The Morgan fingerprint density at radius 2 is 1.82 bits per heavy atom. The molecule has 5 heteroatoms. The van der Waals surface area contributed by atoms with Gasteiger partial charge in [0, 0.05) is 5.54 Å². The first-order chi connectivity index (χ1) is 8.10. The van der Waals surface area contributed by atoms with E-state index in [0.29, 0.717) is 30.3 Å². The van der Waals surface area contributed by atoms with Gasteiger partial charge in [-0.2, -0.15) is 0 Å². The number of fused-ring (bicyclic) bond motifs is 1. The summed E-state index contributed by atoms with van der Waals surface area (Å²) in [5.41, 5.74) is 6.45. The highest BCUT2D eigenvalue weighted by Crippen LogP contribution is 2.47. The van der Waals surface area contributed by atoms with Crippen LogP contribution in [0.4, 0.5) is 0 Å². The van der Waals surface area contributed by atoms with Gasteiger partial charge in [-0.1, -0.05) is 0 Å². The Labute approximate surface area is 98.1 Å². The molecule has 0 saturated heterocycles. The van der Waals surface area contributed by atoms with Crippen LogP contribution in [-0.2, 0) is 5.54 Å². The summed E-state index contributed by atoms with van der Waals surface area (Å²) in [6.07, 6.45) is 1.62. The maximum atomic E-state index is 11.2. The standard InChI is InChI=1S/C12H13NO4/c13-12(1-2-12)8-6-10-9(16-3-4-17-10)5-7(8)11(14)15/h5-6H,1-4,13H2,(H,14,15). The second-order valence-corrected chi connectivity index (χ2v) is 4.50. The molecule has 1 fully saturated rings. The van der Waals surface area contributed by atoms with Crippen LogP contribution in [0.25, 0.3) is 0 Å². The molecule has 1 aromatic carbocycles. The summed E-state index contributed by atoms with van der Waals surface area (Å²) in [6.45, 7) is 0.926. The van der Waals surface area contributed by atoms with Crippen LogP contribution in [0.2, 0.25) is 0 Å². The lowest BCUT2D eigenvalue weighted by Crippen LogP contribution is -2.24. The number of nitrogens with two attached hydrogens (primary N) is 1. The highest BCUT2D eigenvalue weighted by atomic mass is 16.6. The minimum absolute atomic E-state index is 0.217. The first kappa shape index (κ1) is 10.4. The van der Waals surface area contributed by atoms with Crippen molar-refractivity contribution in [3.63, 3.8) is 0 Å². The number of carboxylic acid groups (broad SMARTS) is 1. The molecule has 0 bridgehead atoms. The van der Waals surface area contributed by atoms with Crippen molar-refractivity contribution in [1.82, 2.24) is 0 Å². The van der Waals surface area contributed by atoms with Crippen LogP contribution in [0, 0.1) is 0 Å². The fourth-order valence-electron chi connectivity index (χ4n) is 2.08. The van der Waals surface area contributed by atoms with Crippen molar-refractivity contribution < 1.29 is 19.4 Å². The largest absolute Gasteiger partial charge is 0.486 e. The van der Waals surface area contributed by atoms with Crippen LogP contribution >= 0.6 is 0 Å². The Bertz CT molecular complexity index is 494. The number of rotatable bonds is 2. The predicted octanol–water partition coefficient (Wildman–Crippen LogP) is 1.10. The molecule has 1 heterocycles. The van der Waals surface area contributed by atoms with E-state index in [1.54, 1.807) is 6.07 Å². The number of aromatic carboxylic acids is 1. The van der Waals surface area contributed by atoms with E-state index < -0.39 is 11.5 Å². The zero-order valence-corrected chi connectivity index (χ0v) is 9.23. The van der Waals surface area contributed by atoms with E-state index in [1.807, 2.05) is 0 Å². The summed E-state index contributed by atoms with van der Waals surface area (Å²) in [5, 5.41) is 9.21. The zero-order chi connectivity index (χ0) is 12.0. The smallest absolute Gasteiger partial charge is 0.336 e. The lowest BCUT2D eigenvalue weighted by molar-refractivity contribution is 0.0693. The van der Waals surface area contributed by atoms with Crippen molar-refractivity contribution in [1.29, 1.82) is 0 Å². The summed E-state index contributed by atoms with van der Waals surface area (Å²) in [4.78, 5) is 11.2. The van der Waals surface area contributed by atoms with Gasteiger partial charge in [-0.25, -0.2) is 4.79 Å². The average molecular weight is 235 g/mol. The lowest BCUT2D eigenvalue weighted by atomic mass is 9.98. The van der Waals surface area contributed by atoms with Gasteiger partial charge in [0.25, 0.3) is 0 Å². The lowest BCUT2D eigenvalue weighted by Gasteiger charge is -2.22. The van der Waals surface area contributed by atoms with Gasteiger partial charge in [-0.3, -0.25) is 0 Å². The number of benzene rings is 1. The molecule has 2 aliphatic rings. The normalized spacial score (nSPS) is 19.8. The van der Waals surface area contributed by atoms with E-state index in [-0.39, 0.29) is 5.56 Å². The van der Waals surface area contributed by atoms with Crippen LogP contribution < -0.4 is 15.2 Å². The van der Waals surface area contributed by atoms with Crippen molar-refractivity contribution in [2.24, 2.45) is 5.73 Å². The topological polar surface area (TPSA) is 81.8 Å². The van der Waals surface area contributed by atoms with Gasteiger partial charge in [0.2, 0.25) is 0 Å². The fourth-order valence-corrected chi connectivity index (χ4v) is 2.08. The summed E-state index contributed by atoms with van der Waals surface area (Å²) >= 11 is 0. The summed E-state index contributed by atoms with van der Waals surface area (Å²) < 4.78 is 10.8. The number of ether oxygens (including phenoxy) is 2. The van der Waals surface area contributed by atoms with Crippen LogP contribution in [0.5, 0.6) is 11.5 Å². The van der Waals surface area contributed by atoms with Crippen molar-refractivity contribution in [2.75, 3.05) is 13.2 Å². The highest BCUT2D eigenvalue weighted by molar-refractivity contribution is 5.91. The van der Waals surface area contributed by atoms with Crippen LogP contribution in [0.3, 0.4) is 0 Å². The van der Waals surface area contributed by atoms with E-state index >= 15 is 0 Å². The number of carboxylic acids is 1. The molecule has 0 spiro atoms. The molecule has 0 radical (unpaired) electrons. The van der Waals surface area contributed by atoms with Crippen molar-refractivity contribution in [2.45, 2.75) is 18.4 Å². The van der Waals surface area contributed by atoms with Gasteiger partial charge in [-0.15, -0.1) is 0 Å². The molecule has 1 aliphatic heterocycles. The van der Waals surface area contributed by atoms with Crippen LogP contribution in [-0.4, -0.2) is 24.3 Å². The Morgan fingerprint density at radius 3 is 2.35 bits per heavy atom. The molecule has 0 unspecified atom stereocenters. The monoisotopic (exact) mass is 235 g/mol. The Kier molecular flexibility index (Phi) is 2.06. The van der Waals surface area contributed by atoms with E-state index in [4.69, 9.17) is 15.2 Å². The zero-order valence-electron chi connectivity index (χ0n) is 9.23. The molecule has 90 valence electrons. The van der Waals surface area contributed by atoms with Gasteiger partial charge in [0.05, 0.1) is 5.56 Å². The maximum Gasteiger partial charge on any atom is 0.336 e. The first-order valence-corrected chi connectivity index (χ1v) is 5.56. The second-order valence-electron chi connectivity index (χ2n) is 4.50. The van der Waals surface area contributed by atoms with E-state index in [0.717, 1.165) is 12.8 Å². The SMILES string of the molecule is NC1(c2cc3c(cc2C(=O)O)OCCO3)CC1. The molecule has 0 aromatic heterocycles. The molecule has 3 rings (SSSR count). The molecule has 0 amide bonds. The number of hydrogen-bond acceptors (Lipinski definition) is 4. The van der Waals surface area contributed by atoms with Gasteiger partial charge >= 0.3 is 5.97 Å². The molecule has 0 atom stereocenters. The molecule has 3 N–H and O–H groups in total. The van der Waals surface area contributed by atoms with E-state index in [9.17, 15) is 9.90 Å². The van der Waals surface area contributed by atoms with E-state index in [2.05, 4.69) is 0 Å². The minimum atomic E-state index is -0.978. The van der Waals surface area contributed by atoms with Crippen molar-refractivity contribution in [3.8, 4) is 11.5 Å². The van der Waals surface area contributed by atoms with Crippen LogP contribution in [0.15, 0.2) is 12.1 Å². The molecule has 1 aliphatic carbocycles. The summed E-state index contributed by atoms with van der Waals surface area (Å²) in [7, 11) is 0. The molecular formula is C12H13NO4. The van der Waals surface area contributed by atoms with Crippen LogP contribution in [0.1, 0.15) is 28.8 Å². The molecule has 17 heavy (non-hydrogen) atoms. The quantitative estimate of drug-likeness (QED) is 0.802. The first-order valence-electron chi connectivity index (χ1n) is 5.56. The third-order valence-electron chi connectivity index (χ3n) is 3.24. The number of hydrogen-bond donors (Lipinski definition) is 2. The van der Waals surface area contributed by atoms with Gasteiger partial charge in [0.15, 0.2) is 11.5 Å². The molecule has 5 nitrogen and oxygen atoms in total.